The predicted molar refractivity (Wildman–Crippen MR) is 78.7 cm³/mol. The van der Waals surface area contributed by atoms with E-state index in [-0.39, 0.29) is 12.5 Å². The minimum absolute atomic E-state index is 0.204. The van der Waals surface area contributed by atoms with Crippen molar-refractivity contribution in [2.75, 3.05) is 18.4 Å². The Morgan fingerprint density at radius 1 is 1.58 bits per heavy atom. The summed E-state index contributed by atoms with van der Waals surface area (Å²) >= 11 is 1.28. The monoisotopic (exact) mass is 283 g/mol. The zero-order valence-electron chi connectivity index (χ0n) is 11.4. The van der Waals surface area contributed by atoms with Crippen molar-refractivity contribution in [3.8, 4) is 0 Å². The van der Waals surface area contributed by atoms with Gasteiger partial charge in [0.25, 0.3) is 5.91 Å². The quantitative estimate of drug-likeness (QED) is 0.638. The van der Waals surface area contributed by atoms with Crippen molar-refractivity contribution < 1.29 is 9.90 Å². The Balaban J connectivity index is 2.53. The average molecular weight is 283 g/mol. The van der Waals surface area contributed by atoms with Crippen LogP contribution in [-0.2, 0) is 0 Å². The molecular weight excluding hydrogens is 262 g/mol. The predicted octanol–water partition coefficient (Wildman–Crippen LogP) is 2.02. The molecule has 106 valence electrons. The van der Waals surface area contributed by atoms with Crippen LogP contribution in [0.25, 0.3) is 0 Å². The molecule has 0 unspecified atom stereocenters. The van der Waals surface area contributed by atoms with Gasteiger partial charge in [0.2, 0.25) is 0 Å². The first-order valence-electron chi connectivity index (χ1n) is 6.35. The zero-order chi connectivity index (χ0) is 14.3. The number of carbonyl (C=O) groups is 1. The number of amides is 1. The molecule has 0 bridgehead atoms. The molecule has 0 saturated carbocycles. The van der Waals surface area contributed by atoms with Gasteiger partial charge in [-0.05, 0) is 12.8 Å². The number of hydrogen-bond donors (Lipinski definition) is 3. The Morgan fingerprint density at radius 2 is 2.26 bits per heavy atom. The van der Waals surface area contributed by atoms with Gasteiger partial charge in [-0.25, -0.2) is 4.98 Å². The standard InChI is InChI=1S/C13H21N3O2S/c1-4-7-14-12-15-8-10(19-12)11(17)16-9-13(18,5-2)6-3/h4,8,18H,1,5-7,9H2,2-3H3,(H,14,15)(H,16,17). The first-order chi connectivity index (χ1) is 9.04. The van der Waals surface area contributed by atoms with Crippen LogP contribution in [0.2, 0.25) is 0 Å². The molecule has 1 heterocycles. The normalized spacial score (nSPS) is 11.1. The SMILES string of the molecule is C=CCNc1ncc(C(=O)NCC(O)(CC)CC)s1. The largest absolute Gasteiger partial charge is 0.388 e. The molecule has 1 aromatic rings. The molecule has 0 fully saturated rings. The molecule has 3 N–H and O–H groups in total. The molecule has 19 heavy (non-hydrogen) atoms. The van der Waals surface area contributed by atoms with Gasteiger partial charge in [0, 0.05) is 13.1 Å². The highest BCUT2D eigenvalue weighted by molar-refractivity contribution is 7.17. The lowest BCUT2D eigenvalue weighted by Gasteiger charge is -2.25. The van der Waals surface area contributed by atoms with E-state index in [1.54, 1.807) is 6.08 Å². The number of aromatic nitrogens is 1. The maximum atomic E-state index is 11.9. The molecule has 0 spiro atoms. The zero-order valence-corrected chi connectivity index (χ0v) is 12.2. The highest BCUT2D eigenvalue weighted by atomic mass is 32.1. The molecule has 6 heteroatoms. The number of rotatable bonds is 8. The summed E-state index contributed by atoms with van der Waals surface area (Å²) in [6.07, 6.45) is 4.48. The summed E-state index contributed by atoms with van der Waals surface area (Å²) in [5.41, 5.74) is -0.829. The fourth-order valence-electron chi connectivity index (χ4n) is 1.45. The van der Waals surface area contributed by atoms with Crippen LogP contribution in [0.5, 0.6) is 0 Å². The summed E-state index contributed by atoms with van der Waals surface area (Å²) in [5, 5.41) is 16.6. The van der Waals surface area contributed by atoms with E-state index in [0.717, 1.165) is 0 Å². The van der Waals surface area contributed by atoms with Gasteiger partial charge in [0.05, 0.1) is 11.8 Å². The van der Waals surface area contributed by atoms with E-state index in [1.807, 2.05) is 13.8 Å². The number of hydrogen-bond acceptors (Lipinski definition) is 5. The average Bonchev–Trinajstić information content (AvgIpc) is 2.91. The molecule has 1 amide bonds. The van der Waals surface area contributed by atoms with E-state index < -0.39 is 5.60 Å². The van der Waals surface area contributed by atoms with Crippen molar-refractivity contribution in [3.05, 3.63) is 23.7 Å². The van der Waals surface area contributed by atoms with Gasteiger partial charge >= 0.3 is 0 Å². The van der Waals surface area contributed by atoms with E-state index in [2.05, 4.69) is 22.2 Å². The Hall–Kier alpha value is -1.40. The summed E-state index contributed by atoms with van der Waals surface area (Å²) < 4.78 is 0. The highest BCUT2D eigenvalue weighted by Crippen LogP contribution is 2.18. The second kappa shape index (κ2) is 7.25. The third kappa shape index (κ3) is 4.65. The number of carbonyl (C=O) groups excluding carboxylic acids is 1. The van der Waals surface area contributed by atoms with E-state index in [1.165, 1.54) is 17.5 Å². The van der Waals surface area contributed by atoms with Gasteiger partial charge in [-0.3, -0.25) is 4.79 Å². The highest BCUT2D eigenvalue weighted by Gasteiger charge is 2.23. The van der Waals surface area contributed by atoms with Crippen molar-refractivity contribution in [1.29, 1.82) is 0 Å². The van der Waals surface area contributed by atoms with Gasteiger partial charge < -0.3 is 15.7 Å². The second-order valence-corrected chi connectivity index (χ2v) is 5.34. The summed E-state index contributed by atoms with van der Waals surface area (Å²) in [6, 6.07) is 0. The third-order valence-corrected chi connectivity index (χ3v) is 3.98. The van der Waals surface area contributed by atoms with E-state index in [9.17, 15) is 9.90 Å². The van der Waals surface area contributed by atoms with Crippen molar-refractivity contribution in [3.63, 3.8) is 0 Å². The van der Waals surface area contributed by atoms with Crippen molar-refractivity contribution in [2.45, 2.75) is 32.3 Å². The van der Waals surface area contributed by atoms with Crippen LogP contribution in [0.4, 0.5) is 5.13 Å². The smallest absolute Gasteiger partial charge is 0.263 e. The maximum absolute atomic E-state index is 11.9. The maximum Gasteiger partial charge on any atom is 0.263 e. The van der Waals surface area contributed by atoms with Crippen molar-refractivity contribution in [1.82, 2.24) is 10.3 Å². The van der Waals surface area contributed by atoms with Crippen LogP contribution in [-0.4, -0.2) is 34.7 Å². The van der Waals surface area contributed by atoms with Crippen LogP contribution in [0.1, 0.15) is 36.4 Å². The van der Waals surface area contributed by atoms with Crippen molar-refractivity contribution >= 4 is 22.4 Å². The Labute approximate surface area is 117 Å². The molecule has 0 saturated heterocycles. The molecule has 5 nitrogen and oxygen atoms in total. The van der Waals surface area contributed by atoms with Gasteiger partial charge in [-0.2, -0.15) is 0 Å². The molecule has 1 aromatic heterocycles. The van der Waals surface area contributed by atoms with Crippen LogP contribution >= 0.6 is 11.3 Å². The van der Waals surface area contributed by atoms with Gasteiger partial charge in [0.15, 0.2) is 5.13 Å². The topological polar surface area (TPSA) is 74.2 Å². The van der Waals surface area contributed by atoms with Crippen LogP contribution in [0, 0.1) is 0 Å². The first kappa shape index (κ1) is 15.7. The number of anilines is 1. The van der Waals surface area contributed by atoms with Crippen LogP contribution < -0.4 is 10.6 Å². The van der Waals surface area contributed by atoms with E-state index in [0.29, 0.717) is 29.4 Å². The minimum atomic E-state index is -0.829. The summed E-state index contributed by atoms with van der Waals surface area (Å²) in [4.78, 5) is 16.5. The van der Waals surface area contributed by atoms with Gasteiger partial charge in [-0.15, -0.1) is 6.58 Å². The fraction of sp³-hybridized carbons (Fsp3) is 0.538. The molecule has 0 radical (unpaired) electrons. The van der Waals surface area contributed by atoms with Crippen LogP contribution in [0.3, 0.4) is 0 Å². The molecule has 0 aliphatic rings. The number of thiazole rings is 1. The summed E-state index contributed by atoms with van der Waals surface area (Å²) in [6.45, 7) is 8.27. The summed E-state index contributed by atoms with van der Waals surface area (Å²) in [5.74, 6) is -0.204. The Morgan fingerprint density at radius 3 is 2.84 bits per heavy atom. The third-order valence-electron chi connectivity index (χ3n) is 3.02. The molecule has 0 aromatic carbocycles. The number of nitrogens with zero attached hydrogens (tertiary/aromatic N) is 1. The number of nitrogens with one attached hydrogen (secondary N) is 2. The first-order valence-corrected chi connectivity index (χ1v) is 7.17. The second-order valence-electron chi connectivity index (χ2n) is 4.31. The van der Waals surface area contributed by atoms with Crippen LogP contribution in [0.15, 0.2) is 18.9 Å². The molecular formula is C13H21N3O2S. The van der Waals surface area contributed by atoms with Crippen molar-refractivity contribution in [2.24, 2.45) is 0 Å². The molecule has 0 aliphatic heterocycles. The fourth-order valence-corrected chi connectivity index (χ4v) is 2.19. The van der Waals surface area contributed by atoms with E-state index in [4.69, 9.17) is 0 Å². The van der Waals surface area contributed by atoms with E-state index >= 15 is 0 Å². The number of aliphatic hydroxyl groups is 1. The summed E-state index contributed by atoms with van der Waals surface area (Å²) in [7, 11) is 0. The lowest BCUT2D eigenvalue weighted by Crippen LogP contribution is -2.41. The van der Waals surface area contributed by atoms with Gasteiger partial charge in [-0.1, -0.05) is 31.3 Å². The minimum Gasteiger partial charge on any atom is -0.388 e. The lowest BCUT2D eigenvalue weighted by atomic mass is 9.98. The lowest BCUT2D eigenvalue weighted by molar-refractivity contribution is 0.0314. The Kier molecular flexibility index (Phi) is 5.98. The molecule has 0 aliphatic carbocycles. The molecule has 0 atom stereocenters. The van der Waals surface area contributed by atoms with Gasteiger partial charge in [0.1, 0.15) is 4.88 Å². The molecule has 1 rings (SSSR count). The Bertz CT molecular complexity index is 427.